The molecule has 0 unspecified atom stereocenters. The van der Waals surface area contributed by atoms with Crippen molar-refractivity contribution in [1.82, 2.24) is 14.1 Å². The summed E-state index contributed by atoms with van der Waals surface area (Å²) in [5, 5.41) is 1.98. The third-order valence-electron chi connectivity index (χ3n) is 6.57. The van der Waals surface area contributed by atoms with Crippen LogP contribution in [-0.4, -0.2) is 61.2 Å². The fraction of sp³-hybridized carbons (Fsp3) is 0.370. The standard InChI is InChI=1S/C27H31BrFN3O3S2/c1-21-12-17-36-26(21)19-31(18-22-4-8-24(29)9-5-22)27(33)20-32(16-15-30-13-2-3-14-30)37(34,35)25-10-6-23(28)7-11-25/h4-12,17H,2-3,13-16,18-20H2,1H3. The van der Waals surface area contributed by atoms with Crippen molar-refractivity contribution in [2.24, 2.45) is 0 Å². The largest absolute Gasteiger partial charge is 0.332 e. The lowest BCUT2D eigenvalue weighted by Crippen LogP contribution is -2.45. The minimum Gasteiger partial charge on any atom is -0.332 e. The van der Waals surface area contributed by atoms with Crippen molar-refractivity contribution in [2.75, 3.05) is 32.7 Å². The average Bonchev–Trinajstić information content (AvgIpc) is 3.54. The highest BCUT2D eigenvalue weighted by atomic mass is 79.9. The molecular weight excluding hydrogens is 577 g/mol. The number of likely N-dealkylation sites (tertiary alicyclic amines) is 1. The predicted octanol–water partition coefficient (Wildman–Crippen LogP) is 5.27. The van der Waals surface area contributed by atoms with Gasteiger partial charge in [0.2, 0.25) is 15.9 Å². The molecule has 198 valence electrons. The quantitative estimate of drug-likeness (QED) is 0.298. The van der Waals surface area contributed by atoms with Crippen LogP contribution in [-0.2, 0) is 27.9 Å². The zero-order valence-corrected chi connectivity index (χ0v) is 24.0. The van der Waals surface area contributed by atoms with Gasteiger partial charge in [0.05, 0.1) is 18.0 Å². The summed E-state index contributed by atoms with van der Waals surface area (Å²) in [6.45, 7) is 5.03. The molecule has 1 saturated heterocycles. The van der Waals surface area contributed by atoms with E-state index in [1.165, 1.54) is 16.4 Å². The molecular formula is C27H31BrFN3O3S2. The summed E-state index contributed by atoms with van der Waals surface area (Å²) in [6.07, 6.45) is 2.20. The zero-order valence-electron chi connectivity index (χ0n) is 20.8. The van der Waals surface area contributed by atoms with Crippen molar-refractivity contribution in [3.63, 3.8) is 0 Å². The van der Waals surface area contributed by atoms with Crippen molar-refractivity contribution in [2.45, 2.75) is 37.8 Å². The number of carbonyl (C=O) groups is 1. The number of hydrogen-bond acceptors (Lipinski definition) is 5. The molecule has 0 spiro atoms. The number of aryl methyl sites for hydroxylation is 1. The van der Waals surface area contributed by atoms with Gasteiger partial charge in [-0.25, -0.2) is 12.8 Å². The fourth-order valence-electron chi connectivity index (χ4n) is 4.33. The monoisotopic (exact) mass is 607 g/mol. The first-order valence-corrected chi connectivity index (χ1v) is 15.4. The Kier molecular flexibility index (Phi) is 9.52. The van der Waals surface area contributed by atoms with Crippen LogP contribution in [0.1, 0.15) is 28.8 Å². The molecule has 1 aliphatic rings. The molecule has 2 heterocycles. The van der Waals surface area contributed by atoms with E-state index in [0.717, 1.165) is 46.4 Å². The first-order valence-electron chi connectivity index (χ1n) is 12.3. The van der Waals surface area contributed by atoms with E-state index >= 15 is 0 Å². The highest BCUT2D eigenvalue weighted by Gasteiger charge is 2.29. The molecule has 3 aromatic rings. The smallest absolute Gasteiger partial charge is 0.243 e. The third kappa shape index (κ3) is 7.48. The lowest BCUT2D eigenvalue weighted by molar-refractivity contribution is -0.132. The minimum absolute atomic E-state index is 0.157. The molecule has 37 heavy (non-hydrogen) atoms. The van der Waals surface area contributed by atoms with Crippen molar-refractivity contribution >= 4 is 43.2 Å². The second kappa shape index (κ2) is 12.6. The first-order chi connectivity index (χ1) is 17.7. The average molecular weight is 609 g/mol. The summed E-state index contributed by atoms with van der Waals surface area (Å²) < 4.78 is 42.9. The van der Waals surface area contributed by atoms with Gasteiger partial charge in [0, 0.05) is 29.0 Å². The molecule has 4 rings (SSSR count). The van der Waals surface area contributed by atoms with Gasteiger partial charge in [0.1, 0.15) is 5.82 Å². The Hall–Kier alpha value is -2.11. The Balaban J connectivity index is 1.59. The fourth-order valence-corrected chi connectivity index (χ4v) is 6.90. The number of benzene rings is 2. The number of sulfonamides is 1. The number of rotatable bonds is 11. The van der Waals surface area contributed by atoms with E-state index in [9.17, 15) is 17.6 Å². The number of thiophene rings is 1. The third-order valence-corrected chi connectivity index (χ3v) is 9.97. The van der Waals surface area contributed by atoms with E-state index in [1.54, 1.807) is 52.6 Å². The predicted molar refractivity (Wildman–Crippen MR) is 148 cm³/mol. The number of nitrogens with zero attached hydrogens (tertiary/aromatic N) is 3. The Bertz CT molecular complexity index is 1290. The summed E-state index contributed by atoms with van der Waals surface area (Å²) in [7, 11) is -3.90. The van der Waals surface area contributed by atoms with Gasteiger partial charge in [-0.3, -0.25) is 4.79 Å². The van der Waals surface area contributed by atoms with E-state index in [2.05, 4.69) is 20.8 Å². The van der Waals surface area contributed by atoms with Crippen molar-refractivity contribution < 1.29 is 17.6 Å². The molecule has 0 radical (unpaired) electrons. The van der Waals surface area contributed by atoms with Gasteiger partial charge >= 0.3 is 0 Å². The van der Waals surface area contributed by atoms with Crippen LogP contribution >= 0.6 is 27.3 Å². The molecule has 1 amide bonds. The number of amides is 1. The van der Waals surface area contributed by atoms with Crippen LogP contribution in [0.5, 0.6) is 0 Å². The van der Waals surface area contributed by atoms with Crippen LogP contribution in [0, 0.1) is 12.7 Å². The van der Waals surface area contributed by atoms with Gasteiger partial charge < -0.3 is 9.80 Å². The summed E-state index contributed by atoms with van der Waals surface area (Å²) in [5.41, 5.74) is 1.86. The molecule has 1 aliphatic heterocycles. The summed E-state index contributed by atoms with van der Waals surface area (Å²) >= 11 is 4.92. The molecule has 10 heteroatoms. The lowest BCUT2D eigenvalue weighted by atomic mass is 10.2. The van der Waals surface area contributed by atoms with Crippen LogP contribution in [0.4, 0.5) is 4.39 Å². The molecule has 6 nitrogen and oxygen atoms in total. The molecule has 0 N–H and O–H groups in total. The SMILES string of the molecule is Cc1ccsc1CN(Cc1ccc(F)cc1)C(=O)CN(CCN1CCCC1)S(=O)(=O)c1ccc(Br)cc1. The van der Waals surface area contributed by atoms with E-state index < -0.39 is 10.0 Å². The van der Waals surface area contributed by atoms with Gasteiger partial charge in [0.15, 0.2) is 0 Å². The van der Waals surface area contributed by atoms with Gasteiger partial charge in [-0.05, 0) is 91.8 Å². The van der Waals surface area contributed by atoms with Gasteiger partial charge in [-0.15, -0.1) is 11.3 Å². The maximum absolute atomic E-state index is 13.7. The number of carbonyl (C=O) groups excluding carboxylic acids is 1. The zero-order chi connectivity index (χ0) is 26.4. The van der Waals surface area contributed by atoms with Crippen molar-refractivity contribution in [3.8, 4) is 0 Å². The Morgan fingerprint density at radius 2 is 1.70 bits per heavy atom. The van der Waals surface area contributed by atoms with Gasteiger partial charge in [-0.2, -0.15) is 4.31 Å². The normalized spacial score (nSPS) is 14.4. The van der Waals surface area contributed by atoms with Gasteiger partial charge in [-0.1, -0.05) is 28.1 Å². The van der Waals surface area contributed by atoms with Crippen LogP contribution in [0.25, 0.3) is 0 Å². The second-order valence-electron chi connectivity index (χ2n) is 9.24. The van der Waals surface area contributed by atoms with Crippen molar-refractivity contribution in [3.05, 3.63) is 86.3 Å². The maximum atomic E-state index is 13.7. The first kappa shape index (κ1) is 27.9. The molecule has 0 aliphatic carbocycles. The van der Waals surface area contributed by atoms with Crippen LogP contribution in [0.2, 0.25) is 0 Å². The van der Waals surface area contributed by atoms with E-state index in [1.807, 2.05) is 18.4 Å². The molecule has 2 aromatic carbocycles. The summed E-state index contributed by atoms with van der Waals surface area (Å²) in [6, 6.07) is 14.5. The molecule has 0 bridgehead atoms. The van der Waals surface area contributed by atoms with E-state index in [-0.39, 0.29) is 36.3 Å². The van der Waals surface area contributed by atoms with E-state index in [4.69, 9.17) is 0 Å². The van der Waals surface area contributed by atoms with E-state index in [0.29, 0.717) is 13.1 Å². The summed E-state index contributed by atoms with van der Waals surface area (Å²) in [5.74, 6) is -0.636. The lowest BCUT2D eigenvalue weighted by Gasteiger charge is -2.28. The number of hydrogen-bond donors (Lipinski definition) is 0. The Labute approximate surface area is 230 Å². The maximum Gasteiger partial charge on any atom is 0.243 e. The van der Waals surface area contributed by atoms with Gasteiger partial charge in [0.25, 0.3) is 0 Å². The molecule has 0 atom stereocenters. The topological polar surface area (TPSA) is 60.9 Å². The Morgan fingerprint density at radius 1 is 1.03 bits per heavy atom. The van der Waals surface area contributed by atoms with Crippen LogP contribution < -0.4 is 0 Å². The molecule has 0 saturated carbocycles. The second-order valence-corrected chi connectivity index (χ2v) is 13.1. The van der Waals surface area contributed by atoms with Crippen LogP contribution in [0.3, 0.4) is 0 Å². The van der Waals surface area contributed by atoms with Crippen molar-refractivity contribution in [1.29, 1.82) is 0 Å². The van der Waals surface area contributed by atoms with Crippen LogP contribution in [0.15, 0.2) is 69.3 Å². The highest BCUT2D eigenvalue weighted by Crippen LogP contribution is 2.22. The molecule has 1 fully saturated rings. The summed E-state index contributed by atoms with van der Waals surface area (Å²) in [4.78, 5) is 18.8. The molecule has 1 aromatic heterocycles. The Morgan fingerprint density at radius 3 is 2.32 bits per heavy atom. The highest BCUT2D eigenvalue weighted by molar-refractivity contribution is 9.10. The number of halogens is 2. The minimum atomic E-state index is -3.90.